The number of methoxy groups -OCH3 is 1. The van der Waals surface area contributed by atoms with Crippen molar-refractivity contribution in [2.24, 2.45) is 7.05 Å². The van der Waals surface area contributed by atoms with Crippen molar-refractivity contribution in [3.63, 3.8) is 0 Å². The molecule has 150 valence electrons. The number of hydrogen-bond donors (Lipinski definition) is 0. The molecule has 6 nitrogen and oxygen atoms in total. The van der Waals surface area contributed by atoms with Gasteiger partial charge < -0.3 is 14.2 Å². The van der Waals surface area contributed by atoms with Crippen molar-refractivity contribution in [1.82, 2.24) is 9.47 Å². The molecule has 10 heteroatoms. The maximum atomic E-state index is 13.0. The van der Waals surface area contributed by atoms with E-state index in [9.17, 15) is 9.59 Å². The molecule has 0 saturated carbocycles. The van der Waals surface area contributed by atoms with Gasteiger partial charge in [-0.3, -0.25) is 14.5 Å². The standard InChI is InChI=1S/C19H17N3O3S4/c1-5-8-22-16(24)14(29-19(22)26)18-21(3)15(23)13(28-18)17-20(2)11-9-10(25-4)6-7-12(11)27-17/h5-7,9H,1,8H2,2-4H3/b17-13+,18-14-. The number of carbonyl (C=O) groups excluding carboxylic acids is 1. The summed E-state index contributed by atoms with van der Waals surface area (Å²) in [6.07, 6.45) is 1.64. The highest BCUT2D eigenvalue weighted by Gasteiger charge is 2.33. The number of benzene rings is 1. The number of thiocarbonyl (C=S) groups is 1. The minimum absolute atomic E-state index is 0.131. The Morgan fingerprint density at radius 2 is 2.00 bits per heavy atom. The predicted molar refractivity (Wildman–Crippen MR) is 125 cm³/mol. The number of thioether (sulfide) groups is 2. The summed E-state index contributed by atoms with van der Waals surface area (Å²) in [7, 11) is 5.24. The molecule has 0 aliphatic carbocycles. The summed E-state index contributed by atoms with van der Waals surface area (Å²) in [6.45, 7) is 4.03. The Morgan fingerprint density at radius 3 is 2.69 bits per heavy atom. The lowest BCUT2D eigenvalue weighted by molar-refractivity contribution is -0.120. The fourth-order valence-corrected chi connectivity index (χ4v) is 6.93. The third-order valence-corrected chi connectivity index (χ3v) is 8.77. The van der Waals surface area contributed by atoms with Gasteiger partial charge in [0, 0.05) is 31.6 Å². The van der Waals surface area contributed by atoms with Crippen molar-refractivity contribution in [3.05, 3.63) is 50.4 Å². The normalized spacial score (nSPS) is 19.8. The third-order valence-electron chi connectivity index (χ3n) is 4.59. The molecule has 1 saturated heterocycles. The number of fused-ring (bicyclic) bond motifs is 1. The molecule has 2 aliphatic rings. The zero-order valence-corrected chi connectivity index (χ0v) is 19.2. The second kappa shape index (κ2) is 7.67. The monoisotopic (exact) mass is 463 g/mol. The van der Waals surface area contributed by atoms with Gasteiger partial charge >= 0.3 is 0 Å². The van der Waals surface area contributed by atoms with Gasteiger partial charge in [-0.25, -0.2) is 0 Å². The maximum absolute atomic E-state index is 13.0. The van der Waals surface area contributed by atoms with E-state index in [0.717, 1.165) is 21.4 Å². The van der Waals surface area contributed by atoms with Crippen LogP contribution in [0.25, 0.3) is 9.93 Å². The van der Waals surface area contributed by atoms with Gasteiger partial charge in [0.15, 0.2) is 0 Å². The van der Waals surface area contributed by atoms with Crippen LogP contribution >= 0.6 is 47.1 Å². The van der Waals surface area contributed by atoms with Gasteiger partial charge in [0.05, 0.1) is 12.8 Å². The largest absolute Gasteiger partial charge is 0.497 e. The Balaban J connectivity index is 1.89. The van der Waals surface area contributed by atoms with E-state index in [1.54, 1.807) is 20.2 Å². The highest BCUT2D eigenvalue weighted by Crippen LogP contribution is 2.46. The van der Waals surface area contributed by atoms with Gasteiger partial charge in [0.2, 0.25) is 0 Å². The van der Waals surface area contributed by atoms with Gasteiger partial charge in [-0.2, -0.15) is 0 Å². The molecule has 1 fully saturated rings. The molecule has 2 aliphatic heterocycles. The van der Waals surface area contributed by atoms with E-state index in [0.29, 0.717) is 25.0 Å². The molecular weight excluding hydrogens is 446 g/mol. The minimum atomic E-state index is -0.186. The van der Waals surface area contributed by atoms with E-state index < -0.39 is 0 Å². The molecular formula is C19H17N3O3S4. The summed E-state index contributed by atoms with van der Waals surface area (Å²) in [5.74, 6) is 0.574. The topological polar surface area (TPSA) is 54.8 Å². The number of rotatable bonds is 3. The molecule has 29 heavy (non-hydrogen) atoms. The molecule has 1 aromatic heterocycles. The van der Waals surface area contributed by atoms with Crippen molar-refractivity contribution >= 4 is 72.9 Å². The third kappa shape index (κ3) is 3.24. The molecule has 4 rings (SSSR count). The highest BCUT2D eigenvalue weighted by atomic mass is 32.2. The smallest absolute Gasteiger partial charge is 0.271 e. The molecule has 3 heterocycles. The summed E-state index contributed by atoms with van der Waals surface area (Å²) >= 11 is 9.41. The van der Waals surface area contributed by atoms with Crippen LogP contribution in [0.5, 0.6) is 5.75 Å². The van der Waals surface area contributed by atoms with Crippen LogP contribution in [0.4, 0.5) is 5.69 Å². The van der Waals surface area contributed by atoms with Crippen LogP contribution in [0, 0.1) is 0 Å². The van der Waals surface area contributed by atoms with E-state index >= 15 is 0 Å². The summed E-state index contributed by atoms with van der Waals surface area (Å²) in [5.41, 5.74) is 0.853. The predicted octanol–water partition coefficient (Wildman–Crippen LogP) is 1.92. The lowest BCUT2D eigenvalue weighted by Crippen LogP contribution is -2.33. The van der Waals surface area contributed by atoms with Gasteiger partial charge in [0.25, 0.3) is 11.5 Å². The van der Waals surface area contributed by atoms with Crippen molar-refractivity contribution in [2.75, 3.05) is 25.6 Å². The average molecular weight is 464 g/mol. The molecule has 1 amide bonds. The van der Waals surface area contributed by atoms with Crippen molar-refractivity contribution in [3.8, 4) is 5.75 Å². The number of ether oxygens (including phenoxy) is 1. The van der Waals surface area contributed by atoms with E-state index in [1.165, 1.54) is 44.3 Å². The van der Waals surface area contributed by atoms with Crippen LogP contribution in [0.3, 0.4) is 0 Å². The van der Waals surface area contributed by atoms with Crippen LogP contribution < -0.4 is 24.4 Å². The lowest BCUT2D eigenvalue weighted by atomic mass is 10.3. The Morgan fingerprint density at radius 1 is 1.24 bits per heavy atom. The Bertz CT molecular complexity index is 1240. The van der Waals surface area contributed by atoms with Crippen LogP contribution in [0.1, 0.15) is 0 Å². The summed E-state index contributed by atoms with van der Waals surface area (Å²) in [4.78, 5) is 30.9. The van der Waals surface area contributed by atoms with E-state index in [-0.39, 0.29) is 11.5 Å². The zero-order chi connectivity index (χ0) is 20.9. The van der Waals surface area contributed by atoms with Gasteiger partial charge in [-0.15, -0.1) is 17.9 Å². The van der Waals surface area contributed by atoms with Crippen molar-refractivity contribution in [1.29, 1.82) is 0 Å². The van der Waals surface area contributed by atoms with Gasteiger partial charge in [-0.05, 0) is 12.1 Å². The molecule has 0 unspecified atom stereocenters. The molecule has 1 aromatic carbocycles. The number of aromatic nitrogens is 1. The van der Waals surface area contributed by atoms with Crippen molar-refractivity contribution in [2.45, 2.75) is 4.90 Å². The Hall–Kier alpha value is -2.01. The molecule has 0 atom stereocenters. The average Bonchev–Trinajstić information content (AvgIpc) is 3.29. The van der Waals surface area contributed by atoms with Crippen LogP contribution in [0.15, 0.2) is 40.5 Å². The first kappa shape index (κ1) is 20.3. The maximum Gasteiger partial charge on any atom is 0.271 e. The quantitative estimate of drug-likeness (QED) is 0.509. The molecule has 0 radical (unpaired) electrons. The fourth-order valence-electron chi connectivity index (χ4n) is 3.05. The number of nitrogens with zero attached hydrogens (tertiary/aromatic N) is 3. The summed E-state index contributed by atoms with van der Waals surface area (Å²) < 4.78 is 8.54. The first-order valence-corrected chi connectivity index (χ1v) is 11.4. The zero-order valence-electron chi connectivity index (χ0n) is 15.9. The Labute approximate surface area is 185 Å². The molecule has 0 spiro atoms. The number of carbonyl (C=O) groups is 1. The molecule has 0 N–H and O–H groups in total. The van der Waals surface area contributed by atoms with E-state index in [2.05, 4.69) is 6.58 Å². The SMILES string of the molecule is C=CCN1C(=O)/C(=c2/s/c(=C3/Sc4ccc(OC)cc4N3C)c(=O)n2C)SC1=S. The number of thiazole rings is 1. The second-order valence-corrected chi connectivity index (χ2v) is 9.98. The van der Waals surface area contributed by atoms with E-state index in [4.69, 9.17) is 17.0 Å². The van der Waals surface area contributed by atoms with Crippen LogP contribution in [0.2, 0.25) is 0 Å². The number of amides is 1. The highest BCUT2D eigenvalue weighted by molar-refractivity contribution is 8.30. The van der Waals surface area contributed by atoms with Crippen LogP contribution in [-0.2, 0) is 11.8 Å². The summed E-state index contributed by atoms with van der Waals surface area (Å²) in [6, 6.07) is 5.84. The summed E-state index contributed by atoms with van der Waals surface area (Å²) in [5, 5.41) is 0.840. The fraction of sp³-hybridized carbons (Fsp3) is 0.211. The first-order chi connectivity index (χ1) is 13.9. The molecule has 2 aromatic rings. The van der Waals surface area contributed by atoms with Crippen molar-refractivity contribution < 1.29 is 9.53 Å². The lowest BCUT2D eigenvalue weighted by Gasteiger charge is -2.13. The first-order valence-electron chi connectivity index (χ1n) is 8.56. The number of anilines is 1. The second-order valence-electron chi connectivity index (χ2n) is 6.30. The number of hydrogen-bond acceptors (Lipinski definition) is 8. The van der Waals surface area contributed by atoms with E-state index in [1.807, 2.05) is 30.1 Å². The van der Waals surface area contributed by atoms with Crippen LogP contribution in [-0.4, -0.2) is 40.4 Å². The molecule has 0 bridgehead atoms. The van der Waals surface area contributed by atoms with Gasteiger partial charge in [0.1, 0.15) is 29.2 Å². The minimum Gasteiger partial charge on any atom is -0.497 e. The Kier molecular flexibility index (Phi) is 5.36. The van der Waals surface area contributed by atoms with Gasteiger partial charge in [-0.1, -0.05) is 41.8 Å².